The molecule has 1 saturated carbocycles. The van der Waals surface area contributed by atoms with E-state index in [9.17, 15) is 17.6 Å². The van der Waals surface area contributed by atoms with Crippen LogP contribution in [0.15, 0.2) is 36.4 Å². The van der Waals surface area contributed by atoms with Crippen LogP contribution in [-0.4, -0.2) is 6.04 Å². The normalized spacial score (nSPS) is 21.0. The highest BCUT2D eigenvalue weighted by molar-refractivity contribution is 5.47. The summed E-state index contributed by atoms with van der Waals surface area (Å²) in [5, 5.41) is 2.85. The first kappa shape index (κ1) is 13.9. The molecule has 0 radical (unpaired) electrons. The molecule has 0 saturated heterocycles. The van der Waals surface area contributed by atoms with E-state index in [2.05, 4.69) is 5.32 Å². The van der Waals surface area contributed by atoms with Gasteiger partial charge in [-0.1, -0.05) is 12.1 Å². The van der Waals surface area contributed by atoms with Crippen molar-refractivity contribution < 1.29 is 17.6 Å². The van der Waals surface area contributed by atoms with Crippen LogP contribution < -0.4 is 5.32 Å². The van der Waals surface area contributed by atoms with Gasteiger partial charge >= 0.3 is 0 Å². The molecule has 1 N–H and O–H groups in total. The van der Waals surface area contributed by atoms with Gasteiger partial charge in [0.15, 0.2) is 11.6 Å². The molecule has 0 amide bonds. The maximum absolute atomic E-state index is 13.5. The summed E-state index contributed by atoms with van der Waals surface area (Å²) in [7, 11) is 0. The predicted molar refractivity (Wildman–Crippen MR) is 72.1 cm³/mol. The molecule has 0 bridgehead atoms. The van der Waals surface area contributed by atoms with Gasteiger partial charge in [-0.05, 0) is 36.5 Å². The average Bonchev–Trinajstić information content (AvgIpc) is 2.39. The Morgan fingerprint density at radius 3 is 2.29 bits per heavy atom. The number of anilines is 1. The number of benzene rings is 2. The number of hydrogen-bond acceptors (Lipinski definition) is 1. The molecule has 110 valence electrons. The van der Waals surface area contributed by atoms with Crippen LogP contribution in [0.4, 0.5) is 23.2 Å². The van der Waals surface area contributed by atoms with Crippen LogP contribution in [0.25, 0.3) is 0 Å². The number of nitrogens with one attached hydrogen (secondary N) is 1. The summed E-state index contributed by atoms with van der Waals surface area (Å²) in [5.74, 6) is -3.19. The largest absolute Gasteiger partial charge is 0.380 e. The maximum atomic E-state index is 13.5. The van der Waals surface area contributed by atoms with E-state index in [-0.39, 0.29) is 23.5 Å². The molecule has 1 aliphatic carbocycles. The lowest BCUT2D eigenvalue weighted by atomic mass is 9.76. The van der Waals surface area contributed by atoms with Crippen molar-refractivity contribution in [2.45, 2.75) is 24.8 Å². The molecule has 1 aliphatic rings. The Balaban J connectivity index is 1.64. The van der Waals surface area contributed by atoms with Crippen LogP contribution in [0.1, 0.15) is 24.3 Å². The zero-order chi connectivity index (χ0) is 15.0. The van der Waals surface area contributed by atoms with Gasteiger partial charge in [-0.2, -0.15) is 0 Å². The van der Waals surface area contributed by atoms with Gasteiger partial charge in [0.05, 0.1) is 5.69 Å². The Morgan fingerprint density at radius 2 is 1.57 bits per heavy atom. The van der Waals surface area contributed by atoms with E-state index in [0.717, 1.165) is 11.6 Å². The summed E-state index contributed by atoms with van der Waals surface area (Å²) in [4.78, 5) is 0. The predicted octanol–water partition coefficient (Wildman–Crippen LogP) is 4.60. The van der Waals surface area contributed by atoms with Crippen molar-refractivity contribution in [2.75, 3.05) is 5.32 Å². The second kappa shape index (κ2) is 5.39. The summed E-state index contributed by atoms with van der Waals surface area (Å²) in [6.07, 6.45) is 1.39. The fourth-order valence-electron chi connectivity index (χ4n) is 2.62. The second-order valence-electron chi connectivity index (χ2n) is 5.31. The third-order valence-electron chi connectivity index (χ3n) is 3.83. The van der Waals surface area contributed by atoms with Crippen molar-refractivity contribution in [1.82, 2.24) is 0 Å². The smallest absolute Gasteiger partial charge is 0.161 e. The third-order valence-corrected chi connectivity index (χ3v) is 3.83. The van der Waals surface area contributed by atoms with Crippen LogP contribution in [-0.2, 0) is 0 Å². The number of rotatable bonds is 3. The van der Waals surface area contributed by atoms with Gasteiger partial charge in [-0.15, -0.1) is 0 Å². The van der Waals surface area contributed by atoms with Gasteiger partial charge in [0.1, 0.15) is 11.6 Å². The molecule has 0 unspecified atom stereocenters. The van der Waals surface area contributed by atoms with Crippen molar-refractivity contribution in [3.05, 3.63) is 65.2 Å². The van der Waals surface area contributed by atoms with Crippen molar-refractivity contribution in [3.63, 3.8) is 0 Å². The van der Waals surface area contributed by atoms with E-state index in [1.165, 1.54) is 12.1 Å². The Kier molecular flexibility index (Phi) is 3.57. The van der Waals surface area contributed by atoms with E-state index in [0.29, 0.717) is 18.9 Å². The Bertz CT molecular complexity index is 665. The first-order valence-electron chi connectivity index (χ1n) is 6.69. The van der Waals surface area contributed by atoms with Crippen molar-refractivity contribution in [1.29, 1.82) is 0 Å². The number of halogens is 4. The van der Waals surface area contributed by atoms with Crippen molar-refractivity contribution in [3.8, 4) is 0 Å². The highest BCUT2D eigenvalue weighted by Gasteiger charge is 2.31. The molecule has 0 atom stereocenters. The lowest BCUT2D eigenvalue weighted by Crippen LogP contribution is -2.34. The molecule has 0 aromatic heterocycles. The fourth-order valence-corrected chi connectivity index (χ4v) is 2.62. The Hall–Kier alpha value is -2.04. The molecular weight excluding hydrogens is 282 g/mol. The third kappa shape index (κ3) is 2.86. The van der Waals surface area contributed by atoms with E-state index >= 15 is 0 Å². The summed E-state index contributed by atoms with van der Waals surface area (Å²) < 4.78 is 52.6. The first-order valence-corrected chi connectivity index (χ1v) is 6.69. The molecule has 2 aromatic carbocycles. The van der Waals surface area contributed by atoms with Gasteiger partial charge in [0.25, 0.3) is 0 Å². The molecule has 21 heavy (non-hydrogen) atoms. The van der Waals surface area contributed by atoms with Crippen LogP contribution in [0.5, 0.6) is 0 Å². The van der Waals surface area contributed by atoms with Gasteiger partial charge in [-0.25, -0.2) is 17.6 Å². The maximum Gasteiger partial charge on any atom is 0.161 e. The SMILES string of the molecule is Fc1cccc(C2CC(Nc3cc(F)c(F)cc3F)C2)c1. The highest BCUT2D eigenvalue weighted by Crippen LogP contribution is 2.39. The van der Waals surface area contributed by atoms with Crippen LogP contribution in [0.3, 0.4) is 0 Å². The van der Waals surface area contributed by atoms with Crippen molar-refractivity contribution in [2.24, 2.45) is 0 Å². The Morgan fingerprint density at radius 1 is 0.857 bits per heavy atom. The Labute approximate surface area is 119 Å². The molecule has 0 spiro atoms. The van der Waals surface area contributed by atoms with E-state index in [1.54, 1.807) is 6.07 Å². The topological polar surface area (TPSA) is 12.0 Å². The molecule has 3 rings (SSSR count). The van der Waals surface area contributed by atoms with Crippen LogP contribution >= 0.6 is 0 Å². The molecule has 1 nitrogen and oxygen atoms in total. The summed E-state index contributed by atoms with van der Waals surface area (Å²) in [6.45, 7) is 0. The number of hydrogen-bond donors (Lipinski definition) is 1. The summed E-state index contributed by atoms with van der Waals surface area (Å²) in [6, 6.07) is 7.69. The van der Waals surface area contributed by atoms with Gasteiger partial charge in [0.2, 0.25) is 0 Å². The molecule has 5 heteroatoms. The second-order valence-corrected chi connectivity index (χ2v) is 5.31. The summed E-state index contributed by atoms with van der Waals surface area (Å²) >= 11 is 0. The zero-order valence-corrected chi connectivity index (χ0v) is 11.0. The molecule has 2 aromatic rings. The van der Waals surface area contributed by atoms with Crippen LogP contribution in [0.2, 0.25) is 0 Å². The van der Waals surface area contributed by atoms with E-state index in [4.69, 9.17) is 0 Å². The monoisotopic (exact) mass is 295 g/mol. The zero-order valence-electron chi connectivity index (χ0n) is 11.0. The van der Waals surface area contributed by atoms with Gasteiger partial charge in [0, 0.05) is 18.2 Å². The van der Waals surface area contributed by atoms with E-state index in [1.807, 2.05) is 6.07 Å². The minimum Gasteiger partial charge on any atom is -0.380 e. The van der Waals surface area contributed by atoms with Gasteiger partial charge < -0.3 is 5.32 Å². The average molecular weight is 295 g/mol. The molecule has 0 heterocycles. The lowest BCUT2D eigenvalue weighted by Gasteiger charge is -2.37. The summed E-state index contributed by atoms with van der Waals surface area (Å²) in [5.41, 5.74) is 0.857. The highest BCUT2D eigenvalue weighted by atomic mass is 19.2. The molecule has 0 aliphatic heterocycles. The first-order chi connectivity index (χ1) is 10.0. The quantitative estimate of drug-likeness (QED) is 0.644. The minimum atomic E-state index is -1.20. The molecular formula is C16H13F4N. The fraction of sp³-hybridized carbons (Fsp3) is 0.250. The van der Waals surface area contributed by atoms with Gasteiger partial charge in [-0.3, -0.25) is 0 Å². The van der Waals surface area contributed by atoms with Crippen molar-refractivity contribution >= 4 is 5.69 Å². The van der Waals surface area contributed by atoms with E-state index < -0.39 is 17.5 Å². The minimum absolute atomic E-state index is 0.0300. The standard InChI is InChI=1S/C16H13F4N/c17-11-3-1-2-9(4-11)10-5-12(6-10)21-16-8-14(19)13(18)7-15(16)20/h1-4,7-8,10,12,21H,5-6H2. The van der Waals surface area contributed by atoms with Crippen LogP contribution in [0, 0.1) is 23.3 Å². The molecule has 1 fully saturated rings. The lowest BCUT2D eigenvalue weighted by molar-refractivity contribution is 0.371.